The van der Waals surface area contributed by atoms with Crippen molar-refractivity contribution in [3.05, 3.63) is 18.2 Å². The molecule has 0 atom stereocenters. The molecule has 1 amide bonds. The van der Waals surface area contributed by atoms with Crippen LogP contribution in [0, 0.1) is 5.41 Å². The molecular formula is C14H21N3O4S. The fourth-order valence-electron chi connectivity index (χ4n) is 1.41. The molecule has 0 heterocycles. The van der Waals surface area contributed by atoms with Crippen molar-refractivity contribution in [3.8, 4) is 5.75 Å². The van der Waals surface area contributed by atoms with E-state index >= 15 is 0 Å². The van der Waals surface area contributed by atoms with Crippen LogP contribution in [0.3, 0.4) is 0 Å². The number of amides is 1. The Hall–Kier alpha value is -2.09. The number of benzene rings is 1. The van der Waals surface area contributed by atoms with Crippen LogP contribution in [-0.4, -0.2) is 44.8 Å². The van der Waals surface area contributed by atoms with Crippen LogP contribution in [-0.2, 0) is 14.8 Å². The first-order valence-corrected chi connectivity index (χ1v) is 7.99. The third-order valence-corrected chi connectivity index (χ3v) is 3.92. The van der Waals surface area contributed by atoms with Gasteiger partial charge >= 0.3 is 0 Å². The molecule has 0 aliphatic heterocycles. The number of aromatic hydroxyl groups is 1. The lowest BCUT2D eigenvalue weighted by Crippen LogP contribution is -2.28. The minimum atomic E-state index is -4.14. The Bertz CT molecular complexity index is 689. The van der Waals surface area contributed by atoms with Crippen LogP contribution in [0.1, 0.15) is 20.8 Å². The highest BCUT2D eigenvalue weighted by Gasteiger charge is 2.27. The summed E-state index contributed by atoms with van der Waals surface area (Å²) in [5.41, 5.74) is -0.713. The molecule has 0 aliphatic carbocycles. The Morgan fingerprint density at radius 2 is 1.91 bits per heavy atom. The lowest BCUT2D eigenvalue weighted by molar-refractivity contribution is -0.123. The molecule has 0 aromatic heterocycles. The number of carbonyl (C=O) groups excluding carboxylic acids is 1. The molecule has 0 fully saturated rings. The van der Waals surface area contributed by atoms with Gasteiger partial charge in [-0.25, -0.2) is 0 Å². The summed E-state index contributed by atoms with van der Waals surface area (Å²) in [6.45, 7) is 5.09. The van der Waals surface area contributed by atoms with E-state index in [1.54, 1.807) is 34.9 Å². The minimum absolute atomic E-state index is 0.00386. The van der Waals surface area contributed by atoms with Gasteiger partial charge in [0.2, 0.25) is 5.91 Å². The van der Waals surface area contributed by atoms with E-state index < -0.39 is 26.1 Å². The zero-order valence-electron chi connectivity index (χ0n) is 13.3. The Kier molecular flexibility index (Phi) is 5.18. The first kappa shape index (κ1) is 18.0. The van der Waals surface area contributed by atoms with Crippen molar-refractivity contribution in [2.24, 2.45) is 9.81 Å². The lowest BCUT2D eigenvalue weighted by Gasteiger charge is -2.19. The number of carbonyl (C=O) groups is 1. The predicted molar refractivity (Wildman–Crippen MR) is 85.6 cm³/mol. The van der Waals surface area contributed by atoms with Gasteiger partial charge in [0.05, 0.1) is 5.69 Å². The van der Waals surface area contributed by atoms with Crippen LogP contribution in [0.4, 0.5) is 5.69 Å². The number of phenolic OH excluding ortho intramolecular Hbond substituents is 1. The molecule has 0 saturated heterocycles. The monoisotopic (exact) mass is 327 g/mol. The fourth-order valence-corrected chi connectivity index (χ4v) is 2.56. The summed E-state index contributed by atoms with van der Waals surface area (Å²) in [6.07, 6.45) is 1.11. The summed E-state index contributed by atoms with van der Waals surface area (Å²) in [7, 11) is -0.910. The highest BCUT2D eigenvalue weighted by atomic mass is 32.2. The van der Waals surface area contributed by atoms with Gasteiger partial charge in [0, 0.05) is 19.5 Å². The SMILES string of the molecule is CN(C)C=NS(=O)(=O)c1c(O)cccc1NC(=O)C(C)(C)C. The average molecular weight is 327 g/mol. The largest absolute Gasteiger partial charge is 0.506 e. The van der Waals surface area contributed by atoms with Crippen molar-refractivity contribution < 1.29 is 18.3 Å². The van der Waals surface area contributed by atoms with Gasteiger partial charge in [0.15, 0.2) is 4.90 Å². The number of rotatable bonds is 4. The quantitative estimate of drug-likeness (QED) is 0.647. The zero-order chi connectivity index (χ0) is 17.1. The van der Waals surface area contributed by atoms with Crippen LogP contribution in [0.2, 0.25) is 0 Å². The van der Waals surface area contributed by atoms with Crippen LogP contribution >= 0.6 is 0 Å². The number of nitrogens with zero attached hydrogens (tertiary/aromatic N) is 2. The maximum atomic E-state index is 12.3. The van der Waals surface area contributed by atoms with Crippen molar-refractivity contribution in [1.29, 1.82) is 0 Å². The molecule has 122 valence electrons. The Labute approximate surface area is 130 Å². The van der Waals surface area contributed by atoms with E-state index in [1.165, 1.54) is 23.1 Å². The molecule has 1 rings (SSSR count). The smallest absolute Gasteiger partial charge is 0.289 e. The second kappa shape index (κ2) is 6.35. The molecule has 0 bridgehead atoms. The molecule has 22 heavy (non-hydrogen) atoms. The highest BCUT2D eigenvalue weighted by molar-refractivity contribution is 7.90. The molecule has 0 unspecified atom stereocenters. The van der Waals surface area contributed by atoms with Crippen LogP contribution < -0.4 is 5.32 Å². The summed E-state index contributed by atoms with van der Waals surface area (Å²) in [5, 5.41) is 12.4. The van der Waals surface area contributed by atoms with Gasteiger partial charge in [-0.2, -0.15) is 8.42 Å². The minimum Gasteiger partial charge on any atom is -0.506 e. The first-order chi connectivity index (χ1) is 9.95. The molecule has 2 N–H and O–H groups in total. The van der Waals surface area contributed by atoms with Crippen LogP contribution in [0.5, 0.6) is 5.75 Å². The molecule has 0 saturated carbocycles. The van der Waals surface area contributed by atoms with Crippen molar-refractivity contribution in [2.45, 2.75) is 25.7 Å². The number of hydrogen-bond donors (Lipinski definition) is 2. The van der Waals surface area contributed by atoms with Crippen molar-refractivity contribution in [1.82, 2.24) is 4.90 Å². The lowest BCUT2D eigenvalue weighted by atomic mass is 9.95. The van der Waals surface area contributed by atoms with Gasteiger partial charge in [-0.05, 0) is 12.1 Å². The topological polar surface area (TPSA) is 99.1 Å². The summed E-state index contributed by atoms with van der Waals surface area (Å²) in [5.74, 6) is -0.839. The third kappa shape index (κ3) is 4.45. The van der Waals surface area contributed by atoms with Crippen molar-refractivity contribution in [3.63, 3.8) is 0 Å². The van der Waals surface area contributed by atoms with E-state index in [4.69, 9.17) is 0 Å². The second-order valence-electron chi connectivity index (χ2n) is 6.02. The number of anilines is 1. The van der Waals surface area contributed by atoms with E-state index in [-0.39, 0.29) is 11.6 Å². The number of sulfonamides is 1. The molecule has 0 spiro atoms. The number of phenols is 1. The van der Waals surface area contributed by atoms with E-state index in [9.17, 15) is 18.3 Å². The second-order valence-corrected chi connectivity index (χ2v) is 7.59. The molecule has 0 radical (unpaired) electrons. The molecule has 7 nitrogen and oxygen atoms in total. The van der Waals surface area contributed by atoms with Crippen molar-refractivity contribution in [2.75, 3.05) is 19.4 Å². The maximum absolute atomic E-state index is 12.3. The Balaban J connectivity index is 3.34. The molecule has 8 heteroatoms. The number of hydrogen-bond acceptors (Lipinski definition) is 4. The van der Waals surface area contributed by atoms with Gasteiger partial charge in [0.25, 0.3) is 10.0 Å². The fraction of sp³-hybridized carbons (Fsp3) is 0.429. The van der Waals surface area contributed by atoms with E-state index in [0.29, 0.717) is 0 Å². The van der Waals surface area contributed by atoms with Crippen LogP contribution in [0.15, 0.2) is 27.5 Å². The molecule has 1 aromatic carbocycles. The molecule has 1 aromatic rings. The predicted octanol–water partition coefficient (Wildman–Crippen LogP) is 1.66. The standard InChI is InChI=1S/C14H21N3O4S/c1-14(2,3)13(19)16-10-7-6-8-11(18)12(10)22(20,21)15-9-17(4)5/h6-9,18H,1-5H3,(H,16,19). The summed E-state index contributed by atoms with van der Waals surface area (Å²) >= 11 is 0. The first-order valence-electron chi connectivity index (χ1n) is 6.55. The molecular weight excluding hydrogens is 306 g/mol. The van der Waals surface area contributed by atoms with Crippen molar-refractivity contribution >= 4 is 28.0 Å². The van der Waals surface area contributed by atoms with E-state index in [0.717, 1.165) is 6.34 Å². The van der Waals surface area contributed by atoms with E-state index in [1.807, 2.05) is 0 Å². The van der Waals surface area contributed by atoms with E-state index in [2.05, 4.69) is 9.71 Å². The zero-order valence-corrected chi connectivity index (χ0v) is 14.1. The van der Waals surface area contributed by atoms with Gasteiger partial charge in [-0.1, -0.05) is 26.8 Å². The highest BCUT2D eigenvalue weighted by Crippen LogP contribution is 2.32. The van der Waals surface area contributed by atoms with Gasteiger partial charge in [-0.3, -0.25) is 4.79 Å². The summed E-state index contributed by atoms with van der Waals surface area (Å²) in [6, 6.07) is 4.08. The third-order valence-electron chi connectivity index (χ3n) is 2.60. The molecule has 0 aliphatic rings. The average Bonchev–Trinajstić information content (AvgIpc) is 2.35. The normalized spacial score (nSPS) is 12.4. The van der Waals surface area contributed by atoms with Crippen LogP contribution in [0.25, 0.3) is 0 Å². The number of nitrogens with one attached hydrogen (secondary N) is 1. The van der Waals surface area contributed by atoms with Gasteiger partial charge in [0.1, 0.15) is 12.1 Å². The van der Waals surface area contributed by atoms with Gasteiger partial charge in [-0.15, -0.1) is 4.40 Å². The van der Waals surface area contributed by atoms with Gasteiger partial charge < -0.3 is 15.3 Å². The Morgan fingerprint density at radius 1 is 1.32 bits per heavy atom. The summed E-state index contributed by atoms with van der Waals surface area (Å²) in [4.78, 5) is 13.1. The Morgan fingerprint density at radius 3 is 2.41 bits per heavy atom. The summed E-state index contributed by atoms with van der Waals surface area (Å²) < 4.78 is 28.0. The maximum Gasteiger partial charge on any atom is 0.289 e.